The maximum atomic E-state index is 12.5. The normalized spacial score (nSPS) is 17.6. The zero-order valence-electron chi connectivity index (χ0n) is 16.3. The van der Waals surface area contributed by atoms with E-state index in [1.54, 1.807) is 19.4 Å². The second-order valence-electron chi connectivity index (χ2n) is 7.37. The summed E-state index contributed by atoms with van der Waals surface area (Å²) >= 11 is 0. The number of carbonyl (C=O) groups is 1. The highest BCUT2D eigenvalue weighted by molar-refractivity contribution is 5.92. The number of nitrogens with zero attached hydrogens (tertiary/aromatic N) is 4. The van der Waals surface area contributed by atoms with Crippen LogP contribution in [-0.2, 0) is 0 Å². The van der Waals surface area contributed by atoms with Gasteiger partial charge in [0.15, 0.2) is 0 Å². The van der Waals surface area contributed by atoms with Crippen molar-refractivity contribution >= 4 is 17.5 Å². The van der Waals surface area contributed by atoms with Crippen LogP contribution in [0.2, 0.25) is 0 Å². The summed E-state index contributed by atoms with van der Waals surface area (Å²) < 4.78 is 5.23. The van der Waals surface area contributed by atoms with Gasteiger partial charge in [-0.05, 0) is 43.2 Å². The molecule has 1 saturated heterocycles. The van der Waals surface area contributed by atoms with Gasteiger partial charge in [0.25, 0.3) is 5.91 Å². The van der Waals surface area contributed by atoms with E-state index in [1.165, 1.54) is 18.5 Å². The SMILES string of the molecule is COc1ccc(N2CCN(c3nccc(C(=O)NC4CCCC4)n3)CC2)cc1. The lowest BCUT2D eigenvalue weighted by atomic mass is 10.2. The maximum absolute atomic E-state index is 12.5. The zero-order chi connectivity index (χ0) is 19.3. The van der Waals surface area contributed by atoms with Crippen LogP contribution in [0, 0.1) is 0 Å². The van der Waals surface area contributed by atoms with E-state index in [0.717, 1.165) is 44.8 Å². The third kappa shape index (κ3) is 4.18. The molecule has 0 spiro atoms. The van der Waals surface area contributed by atoms with Crippen LogP contribution in [0.15, 0.2) is 36.5 Å². The summed E-state index contributed by atoms with van der Waals surface area (Å²) in [6.07, 6.45) is 6.20. The molecule has 0 atom stereocenters. The number of rotatable bonds is 5. The van der Waals surface area contributed by atoms with Gasteiger partial charge in [0, 0.05) is 44.1 Å². The minimum Gasteiger partial charge on any atom is -0.497 e. The Balaban J connectivity index is 1.36. The molecule has 2 aliphatic rings. The number of nitrogens with one attached hydrogen (secondary N) is 1. The van der Waals surface area contributed by atoms with E-state index < -0.39 is 0 Å². The Labute approximate surface area is 165 Å². The molecule has 2 aromatic rings. The van der Waals surface area contributed by atoms with Gasteiger partial charge in [-0.3, -0.25) is 4.79 Å². The standard InChI is InChI=1S/C21H27N5O2/c1-28-18-8-6-17(7-9-18)25-12-14-26(15-13-25)21-22-11-10-19(24-21)20(27)23-16-4-2-3-5-16/h6-11,16H,2-5,12-15H2,1H3,(H,23,27). The Hall–Kier alpha value is -2.83. The van der Waals surface area contributed by atoms with Gasteiger partial charge in [0.2, 0.25) is 5.95 Å². The Bertz CT molecular complexity index is 797. The molecule has 7 heteroatoms. The van der Waals surface area contributed by atoms with Gasteiger partial charge in [-0.25, -0.2) is 9.97 Å². The molecule has 1 N–H and O–H groups in total. The lowest BCUT2D eigenvalue weighted by molar-refractivity contribution is 0.0932. The number of aromatic nitrogens is 2. The quantitative estimate of drug-likeness (QED) is 0.858. The van der Waals surface area contributed by atoms with Crippen molar-refractivity contribution in [2.24, 2.45) is 0 Å². The number of ether oxygens (including phenoxy) is 1. The molecule has 1 aliphatic carbocycles. The van der Waals surface area contributed by atoms with Crippen molar-refractivity contribution < 1.29 is 9.53 Å². The second-order valence-corrected chi connectivity index (χ2v) is 7.37. The highest BCUT2D eigenvalue weighted by Gasteiger charge is 2.22. The summed E-state index contributed by atoms with van der Waals surface area (Å²) in [5.41, 5.74) is 1.64. The first-order chi connectivity index (χ1) is 13.7. The van der Waals surface area contributed by atoms with Crippen LogP contribution < -0.4 is 19.9 Å². The predicted molar refractivity (Wildman–Crippen MR) is 109 cm³/mol. The van der Waals surface area contributed by atoms with E-state index in [-0.39, 0.29) is 5.91 Å². The number of methoxy groups -OCH3 is 1. The van der Waals surface area contributed by atoms with E-state index in [4.69, 9.17) is 4.74 Å². The number of piperazine rings is 1. The van der Waals surface area contributed by atoms with Crippen molar-refractivity contribution in [2.45, 2.75) is 31.7 Å². The number of hydrogen-bond donors (Lipinski definition) is 1. The van der Waals surface area contributed by atoms with E-state index in [9.17, 15) is 4.79 Å². The minimum absolute atomic E-state index is 0.0904. The van der Waals surface area contributed by atoms with Crippen LogP contribution in [-0.4, -0.2) is 55.2 Å². The summed E-state index contributed by atoms with van der Waals surface area (Å²) in [5.74, 6) is 1.41. The summed E-state index contributed by atoms with van der Waals surface area (Å²) in [4.78, 5) is 25.9. The Morgan fingerprint density at radius 3 is 2.39 bits per heavy atom. The first-order valence-corrected chi connectivity index (χ1v) is 10.0. The second kappa shape index (κ2) is 8.46. The van der Waals surface area contributed by atoms with Crippen LogP contribution in [0.3, 0.4) is 0 Å². The number of anilines is 2. The van der Waals surface area contributed by atoms with E-state index in [2.05, 4.69) is 37.2 Å². The molecule has 1 amide bonds. The van der Waals surface area contributed by atoms with Crippen LogP contribution in [0.1, 0.15) is 36.2 Å². The van der Waals surface area contributed by atoms with Crippen molar-refractivity contribution in [1.29, 1.82) is 0 Å². The zero-order valence-corrected chi connectivity index (χ0v) is 16.3. The third-order valence-corrected chi connectivity index (χ3v) is 5.57. The molecule has 4 rings (SSSR count). The first kappa shape index (κ1) is 18.5. The molecule has 7 nitrogen and oxygen atoms in total. The Morgan fingerprint density at radius 1 is 1.04 bits per heavy atom. The topological polar surface area (TPSA) is 70.6 Å². The fraction of sp³-hybridized carbons (Fsp3) is 0.476. The average Bonchev–Trinajstić information content (AvgIpc) is 3.27. The van der Waals surface area contributed by atoms with Gasteiger partial charge in [-0.15, -0.1) is 0 Å². The monoisotopic (exact) mass is 381 g/mol. The van der Waals surface area contributed by atoms with E-state index >= 15 is 0 Å². The van der Waals surface area contributed by atoms with E-state index in [0.29, 0.717) is 17.7 Å². The van der Waals surface area contributed by atoms with Gasteiger partial charge in [-0.2, -0.15) is 0 Å². The molecule has 2 fully saturated rings. The van der Waals surface area contributed by atoms with Crippen molar-refractivity contribution in [3.63, 3.8) is 0 Å². The van der Waals surface area contributed by atoms with Crippen LogP contribution >= 0.6 is 0 Å². The lowest BCUT2D eigenvalue weighted by Gasteiger charge is -2.36. The smallest absolute Gasteiger partial charge is 0.270 e. The predicted octanol–water partition coefficient (Wildman–Crippen LogP) is 2.48. The largest absolute Gasteiger partial charge is 0.497 e. The van der Waals surface area contributed by atoms with Gasteiger partial charge in [0.1, 0.15) is 11.4 Å². The number of benzene rings is 1. The van der Waals surface area contributed by atoms with Crippen LogP contribution in [0.5, 0.6) is 5.75 Å². The number of amides is 1. The molecule has 0 radical (unpaired) electrons. The summed E-state index contributed by atoms with van der Waals surface area (Å²) in [7, 11) is 1.68. The number of hydrogen-bond acceptors (Lipinski definition) is 6. The fourth-order valence-electron chi connectivity index (χ4n) is 3.91. The molecule has 0 unspecified atom stereocenters. The molecule has 1 aromatic carbocycles. The molecule has 1 saturated carbocycles. The first-order valence-electron chi connectivity index (χ1n) is 10.0. The average molecular weight is 381 g/mol. The maximum Gasteiger partial charge on any atom is 0.270 e. The van der Waals surface area contributed by atoms with Gasteiger partial charge >= 0.3 is 0 Å². The molecule has 148 valence electrons. The third-order valence-electron chi connectivity index (χ3n) is 5.57. The van der Waals surface area contributed by atoms with Gasteiger partial charge in [-0.1, -0.05) is 12.8 Å². The molecule has 2 heterocycles. The highest BCUT2D eigenvalue weighted by Crippen LogP contribution is 2.22. The Kier molecular flexibility index (Phi) is 5.60. The van der Waals surface area contributed by atoms with Crippen molar-refractivity contribution in [3.05, 3.63) is 42.2 Å². The molecule has 0 bridgehead atoms. The van der Waals surface area contributed by atoms with Crippen molar-refractivity contribution in [1.82, 2.24) is 15.3 Å². The Morgan fingerprint density at radius 2 is 1.71 bits per heavy atom. The van der Waals surface area contributed by atoms with Crippen molar-refractivity contribution in [3.8, 4) is 5.75 Å². The highest BCUT2D eigenvalue weighted by atomic mass is 16.5. The van der Waals surface area contributed by atoms with Crippen LogP contribution in [0.25, 0.3) is 0 Å². The fourth-order valence-corrected chi connectivity index (χ4v) is 3.91. The van der Waals surface area contributed by atoms with Crippen LogP contribution in [0.4, 0.5) is 11.6 Å². The van der Waals surface area contributed by atoms with Gasteiger partial charge < -0.3 is 19.9 Å². The summed E-state index contributed by atoms with van der Waals surface area (Å²) in [6.45, 7) is 3.40. The molecular formula is C21H27N5O2. The van der Waals surface area contributed by atoms with Gasteiger partial charge in [0.05, 0.1) is 7.11 Å². The van der Waals surface area contributed by atoms with E-state index in [1.807, 2.05) is 12.1 Å². The number of carbonyl (C=O) groups excluding carboxylic acids is 1. The minimum atomic E-state index is -0.0904. The lowest BCUT2D eigenvalue weighted by Crippen LogP contribution is -2.47. The molecular weight excluding hydrogens is 354 g/mol. The molecule has 1 aliphatic heterocycles. The van der Waals surface area contributed by atoms with Crippen molar-refractivity contribution in [2.75, 3.05) is 43.1 Å². The molecule has 1 aromatic heterocycles. The summed E-state index contributed by atoms with van der Waals surface area (Å²) in [6, 6.07) is 10.1. The molecule has 28 heavy (non-hydrogen) atoms. The summed E-state index contributed by atoms with van der Waals surface area (Å²) in [5, 5.41) is 3.10.